The maximum absolute atomic E-state index is 5.84. The predicted octanol–water partition coefficient (Wildman–Crippen LogP) is 5.47. The van der Waals surface area contributed by atoms with Gasteiger partial charge in [0.2, 0.25) is 0 Å². The van der Waals surface area contributed by atoms with Gasteiger partial charge in [0.25, 0.3) is 0 Å². The van der Waals surface area contributed by atoms with Crippen LogP contribution in [-0.2, 0) is 0 Å². The minimum Gasteiger partial charge on any atom is -0.494 e. The number of para-hydroxylation sites is 1. The van der Waals surface area contributed by atoms with Crippen molar-refractivity contribution in [1.82, 2.24) is 0 Å². The van der Waals surface area contributed by atoms with Crippen LogP contribution in [0.25, 0.3) is 10.8 Å². The molecule has 0 aromatic heterocycles. The van der Waals surface area contributed by atoms with Gasteiger partial charge in [-0.1, -0.05) is 48.5 Å². The Hall–Kier alpha value is -2.48. The van der Waals surface area contributed by atoms with Crippen LogP contribution in [0.3, 0.4) is 0 Å². The summed E-state index contributed by atoms with van der Waals surface area (Å²) >= 11 is 0. The molecular weight excluding hydrogens is 284 g/mol. The van der Waals surface area contributed by atoms with Crippen molar-refractivity contribution in [2.24, 2.45) is 0 Å². The third-order valence-electron chi connectivity index (χ3n) is 3.79. The third kappa shape index (κ3) is 4.75. The van der Waals surface area contributed by atoms with Crippen LogP contribution in [0, 0.1) is 0 Å². The van der Waals surface area contributed by atoms with E-state index in [1.807, 2.05) is 36.4 Å². The molecule has 0 saturated carbocycles. The highest BCUT2D eigenvalue weighted by Crippen LogP contribution is 2.20. The quantitative estimate of drug-likeness (QED) is 0.514. The Morgan fingerprint density at radius 2 is 1.17 bits per heavy atom. The smallest absolute Gasteiger partial charge is 0.119 e. The zero-order valence-electron chi connectivity index (χ0n) is 13.3. The van der Waals surface area contributed by atoms with Crippen LogP contribution in [0.2, 0.25) is 0 Å². The van der Waals surface area contributed by atoms with E-state index < -0.39 is 0 Å². The SMILES string of the molecule is c1ccc(OCCCCCOc2ccc3ccccc3c2)cc1. The van der Waals surface area contributed by atoms with E-state index in [0.717, 1.165) is 44.0 Å². The summed E-state index contributed by atoms with van der Waals surface area (Å²) in [7, 11) is 0. The maximum atomic E-state index is 5.84. The molecule has 0 aliphatic rings. The van der Waals surface area contributed by atoms with Crippen molar-refractivity contribution in [3.05, 3.63) is 72.8 Å². The topological polar surface area (TPSA) is 18.5 Å². The fourth-order valence-corrected chi connectivity index (χ4v) is 2.53. The highest BCUT2D eigenvalue weighted by molar-refractivity contribution is 5.83. The summed E-state index contributed by atoms with van der Waals surface area (Å²) in [5.74, 6) is 1.89. The fraction of sp³-hybridized carbons (Fsp3) is 0.238. The van der Waals surface area contributed by atoms with Gasteiger partial charge < -0.3 is 9.47 Å². The molecule has 0 aliphatic carbocycles. The Bertz CT molecular complexity index is 722. The Kier molecular flexibility index (Phi) is 5.52. The van der Waals surface area contributed by atoms with Crippen LogP contribution in [-0.4, -0.2) is 13.2 Å². The number of fused-ring (bicyclic) bond motifs is 1. The molecule has 0 N–H and O–H groups in total. The van der Waals surface area contributed by atoms with E-state index in [0.29, 0.717) is 0 Å². The van der Waals surface area contributed by atoms with E-state index in [1.54, 1.807) is 0 Å². The number of hydrogen-bond donors (Lipinski definition) is 0. The van der Waals surface area contributed by atoms with Gasteiger partial charge in [-0.05, 0) is 54.3 Å². The first-order chi connectivity index (χ1) is 11.4. The normalized spacial score (nSPS) is 10.6. The molecule has 0 bridgehead atoms. The first-order valence-electron chi connectivity index (χ1n) is 8.21. The van der Waals surface area contributed by atoms with E-state index in [2.05, 4.69) is 36.4 Å². The molecule has 3 aromatic rings. The van der Waals surface area contributed by atoms with Crippen molar-refractivity contribution >= 4 is 10.8 Å². The van der Waals surface area contributed by atoms with Crippen molar-refractivity contribution in [2.45, 2.75) is 19.3 Å². The van der Waals surface area contributed by atoms with Crippen LogP contribution in [0.15, 0.2) is 72.8 Å². The van der Waals surface area contributed by atoms with Gasteiger partial charge in [-0.25, -0.2) is 0 Å². The summed E-state index contributed by atoms with van der Waals surface area (Å²) in [6.45, 7) is 1.52. The van der Waals surface area contributed by atoms with Gasteiger partial charge in [-0.15, -0.1) is 0 Å². The number of hydrogen-bond acceptors (Lipinski definition) is 2. The lowest BCUT2D eigenvalue weighted by molar-refractivity contribution is 0.279. The summed E-state index contributed by atoms with van der Waals surface area (Å²) in [6.07, 6.45) is 3.21. The average Bonchev–Trinajstić information content (AvgIpc) is 2.61. The van der Waals surface area contributed by atoms with Crippen LogP contribution in [0.1, 0.15) is 19.3 Å². The Morgan fingerprint density at radius 3 is 1.96 bits per heavy atom. The van der Waals surface area contributed by atoms with Gasteiger partial charge in [0.1, 0.15) is 11.5 Å². The highest BCUT2D eigenvalue weighted by Gasteiger charge is 1.98. The minimum absolute atomic E-state index is 0.754. The Morgan fingerprint density at radius 1 is 0.522 bits per heavy atom. The molecule has 0 fully saturated rings. The van der Waals surface area contributed by atoms with E-state index in [-0.39, 0.29) is 0 Å². The lowest BCUT2D eigenvalue weighted by Crippen LogP contribution is -2.00. The predicted molar refractivity (Wildman–Crippen MR) is 95.2 cm³/mol. The summed E-state index contributed by atoms with van der Waals surface area (Å²) in [4.78, 5) is 0. The van der Waals surface area contributed by atoms with Crippen molar-refractivity contribution < 1.29 is 9.47 Å². The van der Waals surface area contributed by atoms with Crippen molar-refractivity contribution in [2.75, 3.05) is 13.2 Å². The summed E-state index contributed by atoms with van der Waals surface area (Å²) in [6, 6.07) is 24.6. The van der Waals surface area contributed by atoms with E-state index in [4.69, 9.17) is 9.47 Å². The van der Waals surface area contributed by atoms with Gasteiger partial charge >= 0.3 is 0 Å². The molecule has 3 rings (SSSR count). The van der Waals surface area contributed by atoms with Crippen LogP contribution < -0.4 is 9.47 Å². The van der Waals surface area contributed by atoms with Crippen LogP contribution in [0.5, 0.6) is 11.5 Å². The molecule has 2 nitrogen and oxygen atoms in total. The van der Waals surface area contributed by atoms with Gasteiger partial charge in [-0.3, -0.25) is 0 Å². The molecule has 0 heterocycles. The fourth-order valence-electron chi connectivity index (χ4n) is 2.53. The van der Waals surface area contributed by atoms with E-state index in [9.17, 15) is 0 Å². The first-order valence-corrected chi connectivity index (χ1v) is 8.21. The van der Waals surface area contributed by atoms with Crippen LogP contribution >= 0.6 is 0 Å². The molecule has 2 heteroatoms. The second-order valence-corrected chi connectivity index (χ2v) is 5.58. The number of ether oxygens (including phenoxy) is 2. The summed E-state index contributed by atoms with van der Waals surface area (Å²) in [5, 5.41) is 2.47. The lowest BCUT2D eigenvalue weighted by Gasteiger charge is -2.08. The minimum atomic E-state index is 0.754. The standard InChI is InChI=1S/C21H22O2/c1-3-11-20(12-4-1)22-15-7-2-8-16-23-21-14-13-18-9-5-6-10-19(18)17-21/h1,3-6,9-14,17H,2,7-8,15-16H2. The zero-order valence-corrected chi connectivity index (χ0v) is 13.3. The summed E-state index contributed by atoms with van der Waals surface area (Å²) in [5.41, 5.74) is 0. The van der Waals surface area contributed by atoms with Crippen LogP contribution in [0.4, 0.5) is 0 Å². The van der Waals surface area contributed by atoms with Crippen molar-refractivity contribution in [1.29, 1.82) is 0 Å². The number of unbranched alkanes of at least 4 members (excludes halogenated alkanes) is 2. The molecular formula is C21H22O2. The van der Waals surface area contributed by atoms with Crippen molar-refractivity contribution in [3.63, 3.8) is 0 Å². The molecule has 0 unspecified atom stereocenters. The average molecular weight is 306 g/mol. The maximum Gasteiger partial charge on any atom is 0.119 e. The van der Waals surface area contributed by atoms with E-state index in [1.165, 1.54) is 10.8 Å². The van der Waals surface area contributed by atoms with E-state index >= 15 is 0 Å². The number of benzene rings is 3. The molecule has 23 heavy (non-hydrogen) atoms. The molecule has 3 aromatic carbocycles. The zero-order chi connectivity index (χ0) is 15.7. The molecule has 0 atom stereocenters. The second-order valence-electron chi connectivity index (χ2n) is 5.58. The largest absolute Gasteiger partial charge is 0.494 e. The molecule has 0 spiro atoms. The molecule has 0 saturated heterocycles. The molecule has 0 amide bonds. The molecule has 0 aliphatic heterocycles. The molecule has 118 valence electrons. The lowest BCUT2D eigenvalue weighted by atomic mass is 10.1. The highest BCUT2D eigenvalue weighted by atomic mass is 16.5. The third-order valence-corrected chi connectivity index (χ3v) is 3.79. The van der Waals surface area contributed by atoms with Gasteiger partial charge in [0, 0.05) is 0 Å². The van der Waals surface area contributed by atoms with Gasteiger partial charge in [-0.2, -0.15) is 0 Å². The first kappa shape index (κ1) is 15.4. The van der Waals surface area contributed by atoms with Gasteiger partial charge in [0.05, 0.1) is 13.2 Å². The van der Waals surface area contributed by atoms with Crippen molar-refractivity contribution in [3.8, 4) is 11.5 Å². The Balaban J connectivity index is 1.33. The van der Waals surface area contributed by atoms with Gasteiger partial charge in [0.15, 0.2) is 0 Å². The second kappa shape index (κ2) is 8.23. The summed E-state index contributed by atoms with van der Waals surface area (Å²) < 4.78 is 11.5. The number of rotatable bonds is 8. The monoisotopic (exact) mass is 306 g/mol. The molecule has 0 radical (unpaired) electrons. The Labute approximate surface area is 137 Å².